The zero-order chi connectivity index (χ0) is 13.5. The molecule has 0 aliphatic heterocycles. The number of nitrogens with zero attached hydrogens (tertiary/aromatic N) is 1. The second-order valence-corrected chi connectivity index (χ2v) is 6.05. The third kappa shape index (κ3) is 1.90. The molecule has 19 heavy (non-hydrogen) atoms. The van der Waals surface area contributed by atoms with E-state index < -0.39 is 0 Å². The van der Waals surface area contributed by atoms with Crippen molar-refractivity contribution in [1.29, 1.82) is 0 Å². The van der Waals surface area contributed by atoms with Gasteiger partial charge in [0.25, 0.3) is 0 Å². The molecule has 1 aliphatic carbocycles. The lowest BCUT2D eigenvalue weighted by Gasteiger charge is -2.27. The third-order valence-electron chi connectivity index (χ3n) is 4.98. The van der Waals surface area contributed by atoms with Crippen LogP contribution in [0.15, 0.2) is 24.4 Å². The number of hydrogen-bond acceptors (Lipinski definition) is 1. The highest BCUT2D eigenvalue weighted by Crippen LogP contribution is 2.43. The molecule has 2 heteroatoms. The molecule has 1 fully saturated rings. The van der Waals surface area contributed by atoms with Gasteiger partial charge in [-0.2, -0.15) is 0 Å². The maximum atomic E-state index is 6.16. The lowest BCUT2D eigenvalue weighted by atomic mass is 9.78. The predicted molar refractivity (Wildman–Crippen MR) is 81.5 cm³/mol. The number of aromatic nitrogens is 1. The number of benzene rings is 1. The van der Waals surface area contributed by atoms with Gasteiger partial charge >= 0.3 is 0 Å². The first kappa shape index (κ1) is 12.7. The highest BCUT2D eigenvalue weighted by atomic mass is 14.9. The van der Waals surface area contributed by atoms with E-state index in [1.54, 1.807) is 0 Å². The molecule has 1 aliphatic rings. The fourth-order valence-electron chi connectivity index (χ4n) is 3.72. The molecular formula is C17H24N2. The molecule has 0 radical (unpaired) electrons. The minimum atomic E-state index is 0.228. The fraction of sp³-hybridized carbons (Fsp3) is 0.529. The topological polar surface area (TPSA) is 30.9 Å². The third-order valence-corrected chi connectivity index (χ3v) is 4.98. The van der Waals surface area contributed by atoms with Crippen molar-refractivity contribution >= 4 is 10.9 Å². The quantitative estimate of drug-likeness (QED) is 0.895. The van der Waals surface area contributed by atoms with Crippen LogP contribution in [0.4, 0.5) is 0 Å². The van der Waals surface area contributed by atoms with Crippen molar-refractivity contribution in [2.24, 2.45) is 12.8 Å². The zero-order valence-electron chi connectivity index (χ0n) is 12.1. The molecule has 1 aromatic carbocycles. The first-order valence-corrected chi connectivity index (χ1v) is 7.49. The Kier molecular flexibility index (Phi) is 3.14. The second kappa shape index (κ2) is 4.68. The summed E-state index contributed by atoms with van der Waals surface area (Å²) < 4.78 is 2.26. The van der Waals surface area contributed by atoms with Crippen LogP contribution in [0, 0.1) is 0 Å². The Balaban J connectivity index is 2.22. The molecule has 2 N–H and O–H groups in total. The van der Waals surface area contributed by atoms with Crippen LogP contribution in [-0.2, 0) is 18.9 Å². The lowest BCUT2D eigenvalue weighted by molar-refractivity contribution is 0.456. The second-order valence-electron chi connectivity index (χ2n) is 6.05. The van der Waals surface area contributed by atoms with Gasteiger partial charge in [0.15, 0.2) is 0 Å². The van der Waals surface area contributed by atoms with Gasteiger partial charge in [0.1, 0.15) is 0 Å². The van der Waals surface area contributed by atoms with Crippen LogP contribution < -0.4 is 5.73 Å². The summed E-state index contributed by atoms with van der Waals surface area (Å²) in [4.78, 5) is 0. The first-order chi connectivity index (χ1) is 9.20. The SMILES string of the molecule is CCc1ccc2c(c1)c(C1(CN)CCCC1)cn2C. The summed E-state index contributed by atoms with van der Waals surface area (Å²) >= 11 is 0. The minimum Gasteiger partial charge on any atom is -0.350 e. The summed E-state index contributed by atoms with van der Waals surface area (Å²) in [5.74, 6) is 0. The minimum absolute atomic E-state index is 0.228. The molecule has 102 valence electrons. The number of rotatable bonds is 3. The van der Waals surface area contributed by atoms with Crippen LogP contribution in [0.2, 0.25) is 0 Å². The molecule has 0 spiro atoms. The first-order valence-electron chi connectivity index (χ1n) is 7.49. The normalized spacial score (nSPS) is 18.3. The van der Waals surface area contributed by atoms with Crippen LogP contribution in [0.25, 0.3) is 10.9 Å². The number of hydrogen-bond donors (Lipinski definition) is 1. The maximum Gasteiger partial charge on any atom is 0.0480 e. The summed E-state index contributed by atoms with van der Waals surface area (Å²) in [5.41, 5.74) is 10.6. The molecule has 0 amide bonds. The van der Waals surface area contributed by atoms with E-state index in [0.29, 0.717) is 0 Å². The lowest BCUT2D eigenvalue weighted by Crippen LogP contribution is -2.31. The highest BCUT2D eigenvalue weighted by Gasteiger charge is 2.36. The fourth-order valence-corrected chi connectivity index (χ4v) is 3.72. The van der Waals surface area contributed by atoms with Crippen molar-refractivity contribution in [2.75, 3.05) is 6.54 Å². The molecule has 0 bridgehead atoms. The molecule has 1 saturated carbocycles. The Morgan fingerprint density at radius 2 is 2.00 bits per heavy atom. The van der Waals surface area contributed by atoms with Gasteiger partial charge in [-0.25, -0.2) is 0 Å². The van der Waals surface area contributed by atoms with Gasteiger partial charge in [-0.05, 0) is 42.5 Å². The molecule has 0 atom stereocenters. The van der Waals surface area contributed by atoms with Crippen molar-refractivity contribution in [1.82, 2.24) is 4.57 Å². The van der Waals surface area contributed by atoms with Crippen molar-refractivity contribution in [3.05, 3.63) is 35.5 Å². The van der Waals surface area contributed by atoms with Crippen LogP contribution in [-0.4, -0.2) is 11.1 Å². The Labute approximate surface area is 115 Å². The molecule has 2 aromatic rings. The highest BCUT2D eigenvalue weighted by molar-refractivity contribution is 5.86. The van der Waals surface area contributed by atoms with Gasteiger partial charge in [0.05, 0.1) is 0 Å². The van der Waals surface area contributed by atoms with E-state index in [1.165, 1.54) is 47.7 Å². The maximum absolute atomic E-state index is 6.16. The summed E-state index contributed by atoms with van der Waals surface area (Å²) in [6.45, 7) is 3.00. The Hall–Kier alpha value is -1.28. The Morgan fingerprint density at radius 3 is 2.63 bits per heavy atom. The Bertz CT molecular complexity index is 589. The molecule has 0 saturated heterocycles. The van der Waals surface area contributed by atoms with Gasteiger partial charge in [-0.3, -0.25) is 0 Å². The summed E-state index contributed by atoms with van der Waals surface area (Å²) in [7, 11) is 2.15. The average Bonchev–Trinajstić information content (AvgIpc) is 3.04. The van der Waals surface area contributed by atoms with Crippen LogP contribution in [0.1, 0.15) is 43.7 Å². The monoisotopic (exact) mass is 256 g/mol. The van der Waals surface area contributed by atoms with Gasteiger partial charge in [-0.1, -0.05) is 25.8 Å². The number of aryl methyl sites for hydroxylation is 2. The van der Waals surface area contributed by atoms with Gasteiger partial charge in [0.2, 0.25) is 0 Å². The predicted octanol–water partition coefficient (Wildman–Crippen LogP) is 3.51. The summed E-state index contributed by atoms with van der Waals surface area (Å²) in [6, 6.07) is 6.88. The van der Waals surface area contributed by atoms with Crippen LogP contribution >= 0.6 is 0 Å². The van der Waals surface area contributed by atoms with E-state index >= 15 is 0 Å². The zero-order valence-corrected chi connectivity index (χ0v) is 12.1. The van der Waals surface area contributed by atoms with E-state index in [9.17, 15) is 0 Å². The van der Waals surface area contributed by atoms with Gasteiger partial charge < -0.3 is 10.3 Å². The van der Waals surface area contributed by atoms with Crippen molar-refractivity contribution in [3.8, 4) is 0 Å². The molecule has 1 heterocycles. The molecule has 2 nitrogen and oxygen atoms in total. The smallest absolute Gasteiger partial charge is 0.0480 e. The summed E-state index contributed by atoms with van der Waals surface area (Å²) in [6.07, 6.45) is 8.56. The number of fused-ring (bicyclic) bond motifs is 1. The molecule has 1 aromatic heterocycles. The van der Waals surface area contributed by atoms with Crippen LogP contribution in [0.3, 0.4) is 0 Å². The van der Waals surface area contributed by atoms with Gasteiger partial charge in [0, 0.05) is 36.1 Å². The van der Waals surface area contributed by atoms with Crippen LogP contribution in [0.5, 0.6) is 0 Å². The van der Waals surface area contributed by atoms with E-state index in [2.05, 4.69) is 42.9 Å². The standard InChI is InChI=1S/C17H24N2/c1-3-13-6-7-16-14(10-13)15(11-19(16)2)17(12-18)8-4-5-9-17/h6-7,10-11H,3-5,8-9,12,18H2,1-2H3. The summed E-state index contributed by atoms with van der Waals surface area (Å²) in [5, 5.41) is 1.43. The van der Waals surface area contributed by atoms with Gasteiger partial charge in [-0.15, -0.1) is 0 Å². The average molecular weight is 256 g/mol. The van der Waals surface area contributed by atoms with Crippen molar-refractivity contribution in [3.63, 3.8) is 0 Å². The molecule has 0 unspecified atom stereocenters. The van der Waals surface area contributed by atoms with E-state index in [1.807, 2.05) is 0 Å². The largest absolute Gasteiger partial charge is 0.350 e. The van der Waals surface area contributed by atoms with E-state index in [-0.39, 0.29) is 5.41 Å². The van der Waals surface area contributed by atoms with Crippen molar-refractivity contribution < 1.29 is 0 Å². The molecular weight excluding hydrogens is 232 g/mol. The number of nitrogens with two attached hydrogens (primary N) is 1. The molecule has 3 rings (SSSR count). The van der Waals surface area contributed by atoms with Crippen molar-refractivity contribution in [2.45, 2.75) is 44.4 Å². The van der Waals surface area contributed by atoms with E-state index in [0.717, 1.165) is 13.0 Å². The van der Waals surface area contributed by atoms with E-state index in [4.69, 9.17) is 5.73 Å². The Morgan fingerprint density at radius 1 is 1.26 bits per heavy atom.